The van der Waals surface area contributed by atoms with E-state index in [2.05, 4.69) is 5.32 Å². The topological polar surface area (TPSA) is 58.6 Å². The van der Waals surface area contributed by atoms with E-state index in [1.54, 1.807) is 25.3 Å². The summed E-state index contributed by atoms with van der Waals surface area (Å²) in [5.74, 6) is -0.283. The first kappa shape index (κ1) is 15.2. The van der Waals surface area contributed by atoms with Crippen molar-refractivity contribution in [1.29, 1.82) is 0 Å². The van der Waals surface area contributed by atoms with Gasteiger partial charge in [0.15, 0.2) is 0 Å². The first-order valence-corrected chi connectivity index (χ1v) is 6.79. The predicted octanol–water partition coefficient (Wildman–Crippen LogP) is 3.97. The number of carboxylic acids is 1. The van der Waals surface area contributed by atoms with Crippen molar-refractivity contribution in [2.75, 3.05) is 12.4 Å². The molecule has 2 aromatic rings. The van der Waals surface area contributed by atoms with E-state index in [1.807, 2.05) is 25.1 Å². The quantitative estimate of drug-likeness (QED) is 0.877. The second-order valence-electron chi connectivity index (χ2n) is 4.66. The number of benzene rings is 2. The number of carbonyl (C=O) groups is 1. The Morgan fingerprint density at radius 1 is 1.29 bits per heavy atom. The summed E-state index contributed by atoms with van der Waals surface area (Å²) < 4.78 is 5.11. The Morgan fingerprint density at radius 3 is 2.62 bits per heavy atom. The molecule has 0 aromatic heterocycles. The second-order valence-corrected chi connectivity index (χ2v) is 5.06. The summed E-state index contributed by atoms with van der Waals surface area (Å²) in [4.78, 5) is 10.9. The number of hydrogen-bond donors (Lipinski definition) is 2. The van der Waals surface area contributed by atoms with Crippen LogP contribution >= 0.6 is 11.6 Å². The second kappa shape index (κ2) is 6.50. The lowest BCUT2D eigenvalue weighted by Gasteiger charge is -2.11. The molecule has 2 N–H and O–H groups in total. The van der Waals surface area contributed by atoms with Gasteiger partial charge in [-0.05, 0) is 48.4 Å². The summed E-state index contributed by atoms with van der Waals surface area (Å²) in [5, 5.41) is 12.8. The van der Waals surface area contributed by atoms with Gasteiger partial charge in [-0.1, -0.05) is 17.7 Å². The van der Waals surface area contributed by atoms with Crippen LogP contribution in [0.15, 0.2) is 36.4 Å². The van der Waals surface area contributed by atoms with E-state index >= 15 is 0 Å². The van der Waals surface area contributed by atoms with Crippen molar-refractivity contribution in [2.24, 2.45) is 0 Å². The first-order valence-electron chi connectivity index (χ1n) is 6.41. The molecule has 110 valence electrons. The van der Waals surface area contributed by atoms with Gasteiger partial charge in [0.1, 0.15) is 5.75 Å². The van der Waals surface area contributed by atoms with Crippen LogP contribution in [0.5, 0.6) is 5.75 Å². The van der Waals surface area contributed by atoms with E-state index in [4.69, 9.17) is 21.4 Å². The number of halogens is 1. The van der Waals surface area contributed by atoms with Gasteiger partial charge in [-0.3, -0.25) is 0 Å². The molecule has 0 amide bonds. The fourth-order valence-electron chi connectivity index (χ4n) is 2.01. The molecule has 0 aliphatic rings. The minimum Gasteiger partial charge on any atom is -0.495 e. The van der Waals surface area contributed by atoms with Crippen LogP contribution in [0.2, 0.25) is 5.02 Å². The van der Waals surface area contributed by atoms with Crippen molar-refractivity contribution >= 4 is 23.3 Å². The van der Waals surface area contributed by atoms with Crippen molar-refractivity contribution in [3.8, 4) is 5.75 Å². The van der Waals surface area contributed by atoms with Crippen LogP contribution in [0.4, 0.5) is 5.69 Å². The van der Waals surface area contributed by atoms with E-state index in [0.29, 0.717) is 17.3 Å². The third-order valence-electron chi connectivity index (χ3n) is 3.17. The van der Waals surface area contributed by atoms with Crippen LogP contribution in [-0.4, -0.2) is 18.2 Å². The maximum atomic E-state index is 10.9. The van der Waals surface area contributed by atoms with Gasteiger partial charge in [0.25, 0.3) is 0 Å². The molecule has 0 unspecified atom stereocenters. The molecule has 0 aliphatic heterocycles. The highest BCUT2D eigenvalue weighted by molar-refractivity contribution is 6.32. The Kier molecular flexibility index (Phi) is 4.70. The molecule has 0 saturated heterocycles. The van der Waals surface area contributed by atoms with Gasteiger partial charge in [-0.2, -0.15) is 0 Å². The fraction of sp³-hybridized carbons (Fsp3) is 0.188. The maximum absolute atomic E-state index is 10.9. The number of aryl methyl sites for hydroxylation is 1. The van der Waals surface area contributed by atoms with Crippen LogP contribution in [0.3, 0.4) is 0 Å². The number of aromatic carboxylic acids is 1. The molecule has 0 heterocycles. The lowest BCUT2D eigenvalue weighted by molar-refractivity contribution is 0.0697. The molecule has 0 bridgehead atoms. The molecule has 0 radical (unpaired) electrons. The predicted molar refractivity (Wildman–Crippen MR) is 83.5 cm³/mol. The van der Waals surface area contributed by atoms with E-state index in [-0.39, 0.29) is 5.56 Å². The van der Waals surface area contributed by atoms with Crippen LogP contribution in [0, 0.1) is 6.92 Å². The van der Waals surface area contributed by atoms with Crippen molar-refractivity contribution in [1.82, 2.24) is 0 Å². The summed E-state index contributed by atoms with van der Waals surface area (Å²) in [7, 11) is 1.58. The van der Waals surface area contributed by atoms with Crippen LogP contribution in [0.25, 0.3) is 0 Å². The Labute approximate surface area is 128 Å². The zero-order valence-electron chi connectivity index (χ0n) is 11.8. The fourth-order valence-corrected chi connectivity index (χ4v) is 2.29. The number of anilines is 1. The van der Waals surface area contributed by atoms with Gasteiger partial charge >= 0.3 is 5.97 Å². The van der Waals surface area contributed by atoms with E-state index in [9.17, 15) is 4.79 Å². The molecular formula is C16H16ClNO3. The first-order chi connectivity index (χ1) is 10.0. The molecule has 0 atom stereocenters. The highest BCUT2D eigenvalue weighted by atomic mass is 35.5. The Morgan fingerprint density at radius 2 is 2.05 bits per heavy atom. The van der Waals surface area contributed by atoms with E-state index < -0.39 is 5.97 Å². The highest BCUT2D eigenvalue weighted by Crippen LogP contribution is 2.25. The van der Waals surface area contributed by atoms with Crippen molar-refractivity contribution in [3.05, 3.63) is 58.1 Å². The van der Waals surface area contributed by atoms with Gasteiger partial charge in [-0.15, -0.1) is 0 Å². The Bertz CT molecular complexity index is 671. The van der Waals surface area contributed by atoms with Gasteiger partial charge in [0.2, 0.25) is 0 Å². The molecule has 0 saturated carbocycles. The van der Waals surface area contributed by atoms with Crippen molar-refractivity contribution < 1.29 is 14.6 Å². The lowest BCUT2D eigenvalue weighted by atomic mass is 10.1. The largest absolute Gasteiger partial charge is 0.495 e. The van der Waals surface area contributed by atoms with E-state index in [0.717, 1.165) is 16.8 Å². The minimum absolute atomic E-state index is 0.283. The van der Waals surface area contributed by atoms with Crippen LogP contribution in [-0.2, 0) is 6.54 Å². The molecule has 21 heavy (non-hydrogen) atoms. The Balaban J connectivity index is 2.09. The molecule has 5 heteroatoms. The lowest BCUT2D eigenvalue weighted by Crippen LogP contribution is -2.03. The molecule has 0 spiro atoms. The zero-order chi connectivity index (χ0) is 15.4. The smallest absolute Gasteiger partial charge is 0.335 e. The number of nitrogens with one attached hydrogen (secondary N) is 1. The number of carboxylic acid groups (broad SMARTS) is 1. The summed E-state index contributed by atoms with van der Waals surface area (Å²) in [5.41, 5.74) is 3.08. The van der Waals surface area contributed by atoms with Gasteiger partial charge in [-0.25, -0.2) is 4.79 Å². The van der Waals surface area contributed by atoms with Gasteiger partial charge in [0.05, 0.1) is 17.7 Å². The number of methoxy groups -OCH3 is 1. The Hall–Kier alpha value is -2.20. The number of hydrogen-bond acceptors (Lipinski definition) is 3. The monoisotopic (exact) mass is 305 g/mol. The van der Waals surface area contributed by atoms with Gasteiger partial charge < -0.3 is 15.2 Å². The number of rotatable bonds is 5. The average Bonchev–Trinajstić information content (AvgIpc) is 2.46. The molecule has 4 nitrogen and oxygen atoms in total. The van der Waals surface area contributed by atoms with Crippen LogP contribution < -0.4 is 10.1 Å². The normalized spacial score (nSPS) is 10.2. The standard InChI is InChI=1S/C16H16ClNO3/c1-10-7-12(16(19)20)4-5-14(10)18-9-11-3-6-15(21-2)13(17)8-11/h3-8,18H,9H2,1-2H3,(H,19,20). The summed E-state index contributed by atoms with van der Waals surface area (Å²) in [6.45, 7) is 2.47. The molecule has 0 aliphatic carbocycles. The van der Waals surface area contributed by atoms with Crippen molar-refractivity contribution in [3.63, 3.8) is 0 Å². The molecule has 0 fully saturated rings. The van der Waals surface area contributed by atoms with Crippen molar-refractivity contribution in [2.45, 2.75) is 13.5 Å². The number of ether oxygens (including phenoxy) is 1. The SMILES string of the molecule is COc1ccc(CNc2ccc(C(=O)O)cc2C)cc1Cl. The summed E-state index contributed by atoms with van der Waals surface area (Å²) in [6, 6.07) is 10.6. The van der Waals surface area contributed by atoms with E-state index in [1.165, 1.54) is 0 Å². The third-order valence-corrected chi connectivity index (χ3v) is 3.47. The summed E-state index contributed by atoms with van der Waals surface area (Å²) >= 11 is 6.08. The van der Waals surface area contributed by atoms with Crippen LogP contribution in [0.1, 0.15) is 21.5 Å². The zero-order valence-corrected chi connectivity index (χ0v) is 12.6. The maximum Gasteiger partial charge on any atom is 0.335 e. The molecule has 2 rings (SSSR count). The average molecular weight is 306 g/mol. The summed E-state index contributed by atoms with van der Waals surface area (Å²) in [6.07, 6.45) is 0. The highest BCUT2D eigenvalue weighted by Gasteiger charge is 2.06. The third kappa shape index (κ3) is 3.67. The van der Waals surface area contributed by atoms with Gasteiger partial charge in [0, 0.05) is 12.2 Å². The minimum atomic E-state index is -0.924. The molecule has 2 aromatic carbocycles. The molecular weight excluding hydrogens is 290 g/mol.